The van der Waals surface area contributed by atoms with Gasteiger partial charge in [0.25, 0.3) is 0 Å². The zero-order chi connectivity index (χ0) is 14.5. The molecule has 1 saturated carbocycles. The quantitative estimate of drug-likeness (QED) is 0.774. The van der Waals surface area contributed by atoms with Crippen molar-refractivity contribution in [3.8, 4) is 0 Å². The van der Waals surface area contributed by atoms with Crippen molar-refractivity contribution < 1.29 is 9.47 Å². The summed E-state index contributed by atoms with van der Waals surface area (Å²) in [5.74, 6) is 3.48. The van der Waals surface area contributed by atoms with Crippen LogP contribution in [0.4, 0.5) is 0 Å². The summed E-state index contributed by atoms with van der Waals surface area (Å²) >= 11 is 4.28. The first-order valence-corrected chi connectivity index (χ1v) is 10.6. The first-order valence-electron chi connectivity index (χ1n) is 8.48. The van der Waals surface area contributed by atoms with Crippen LogP contribution in [0, 0.1) is 5.92 Å². The second kappa shape index (κ2) is 8.44. The largest absolute Gasteiger partial charge is 0.349 e. The third kappa shape index (κ3) is 5.03. The van der Waals surface area contributed by atoms with E-state index < -0.39 is 0 Å². The molecule has 0 aromatic rings. The van der Waals surface area contributed by atoms with E-state index in [0.29, 0.717) is 19.0 Å². The second-order valence-electron chi connectivity index (χ2n) is 6.64. The van der Waals surface area contributed by atoms with Gasteiger partial charge in [0.15, 0.2) is 0 Å². The Kier molecular flexibility index (Phi) is 6.60. The van der Waals surface area contributed by atoms with Gasteiger partial charge in [0.05, 0.1) is 12.2 Å². The number of thioether (sulfide) groups is 2. The lowest BCUT2D eigenvalue weighted by atomic mass is 9.87. The van der Waals surface area contributed by atoms with Crippen LogP contribution in [-0.4, -0.2) is 54.1 Å². The number of hydrogen-bond acceptors (Lipinski definition) is 5. The molecule has 0 amide bonds. The van der Waals surface area contributed by atoms with Crippen LogP contribution < -0.4 is 5.32 Å². The fourth-order valence-electron chi connectivity index (χ4n) is 3.53. The van der Waals surface area contributed by atoms with Gasteiger partial charge < -0.3 is 14.8 Å². The minimum absolute atomic E-state index is 0.386. The predicted octanol–water partition coefficient (Wildman–Crippen LogP) is 3.13. The number of ether oxygens (including phenoxy) is 2. The summed E-state index contributed by atoms with van der Waals surface area (Å²) in [5.41, 5.74) is 0. The van der Waals surface area contributed by atoms with Crippen molar-refractivity contribution in [2.24, 2.45) is 5.92 Å². The highest BCUT2D eigenvalue weighted by Gasteiger charge is 2.35. The van der Waals surface area contributed by atoms with Crippen LogP contribution in [-0.2, 0) is 9.47 Å². The standard InChI is InChI=1S/C16H29NO2S2/c1-12(8-17-9-14-3-2-6-20-14)21-10-13-4-5-15-16(7-13)19-11-18-15/h12-17H,2-11H2,1H3/t12-,13?,14?,15?,16?/m1/s1. The van der Waals surface area contributed by atoms with Crippen molar-refractivity contribution in [1.29, 1.82) is 0 Å². The molecule has 0 aromatic heterocycles. The van der Waals surface area contributed by atoms with Gasteiger partial charge in [0, 0.05) is 23.6 Å². The molecule has 3 rings (SSSR count). The summed E-state index contributed by atoms with van der Waals surface area (Å²) < 4.78 is 11.3. The molecule has 2 heterocycles. The third-order valence-corrected chi connectivity index (χ3v) is 7.65. The summed E-state index contributed by atoms with van der Waals surface area (Å²) in [4.78, 5) is 0. The van der Waals surface area contributed by atoms with E-state index in [9.17, 15) is 0 Å². The van der Waals surface area contributed by atoms with Crippen LogP contribution in [0.3, 0.4) is 0 Å². The Morgan fingerprint density at radius 1 is 1.24 bits per heavy atom. The first-order chi connectivity index (χ1) is 10.3. The molecular formula is C16H29NO2S2. The highest BCUT2D eigenvalue weighted by atomic mass is 32.2. The molecule has 3 nitrogen and oxygen atoms in total. The molecule has 122 valence electrons. The van der Waals surface area contributed by atoms with E-state index in [1.54, 1.807) is 0 Å². The maximum Gasteiger partial charge on any atom is 0.147 e. The molecule has 5 atom stereocenters. The highest BCUT2D eigenvalue weighted by molar-refractivity contribution is 8.00. The van der Waals surface area contributed by atoms with Gasteiger partial charge in [-0.1, -0.05) is 6.92 Å². The van der Waals surface area contributed by atoms with Crippen LogP contribution in [0.25, 0.3) is 0 Å². The Labute approximate surface area is 137 Å². The van der Waals surface area contributed by atoms with Crippen molar-refractivity contribution in [3.05, 3.63) is 0 Å². The molecule has 1 N–H and O–H groups in total. The van der Waals surface area contributed by atoms with E-state index in [1.165, 1.54) is 50.2 Å². The van der Waals surface area contributed by atoms with Gasteiger partial charge in [-0.3, -0.25) is 0 Å². The molecule has 5 heteroatoms. The predicted molar refractivity (Wildman–Crippen MR) is 92.2 cm³/mol. The minimum Gasteiger partial charge on any atom is -0.349 e. The minimum atomic E-state index is 0.386. The van der Waals surface area contributed by atoms with Gasteiger partial charge in [-0.2, -0.15) is 23.5 Å². The van der Waals surface area contributed by atoms with Gasteiger partial charge in [-0.05, 0) is 49.5 Å². The molecule has 2 aliphatic heterocycles. The van der Waals surface area contributed by atoms with Crippen molar-refractivity contribution in [3.63, 3.8) is 0 Å². The molecule has 4 unspecified atom stereocenters. The van der Waals surface area contributed by atoms with E-state index in [-0.39, 0.29) is 0 Å². The Morgan fingerprint density at radius 3 is 3.00 bits per heavy atom. The summed E-state index contributed by atoms with van der Waals surface area (Å²) in [6.45, 7) is 5.24. The second-order valence-corrected chi connectivity index (χ2v) is 9.52. The van der Waals surface area contributed by atoms with Gasteiger partial charge in [-0.25, -0.2) is 0 Å². The van der Waals surface area contributed by atoms with Gasteiger partial charge in [-0.15, -0.1) is 0 Å². The smallest absolute Gasteiger partial charge is 0.147 e. The first kappa shape index (κ1) is 16.4. The van der Waals surface area contributed by atoms with Gasteiger partial charge >= 0.3 is 0 Å². The fourth-order valence-corrected chi connectivity index (χ4v) is 5.90. The molecular weight excluding hydrogens is 302 g/mol. The lowest BCUT2D eigenvalue weighted by Crippen LogP contribution is -2.33. The molecule has 2 saturated heterocycles. The normalized spacial score (nSPS) is 37.6. The molecule has 21 heavy (non-hydrogen) atoms. The zero-order valence-electron chi connectivity index (χ0n) is 13.1. The summed E-state index contributed by atoms with van der Waals surface area (Å²) in [6.07, 6.45) is 7.32. The van der Waals surface area contributed by atoms with Gasteiger partial charge in [0.2, 0.25) is 0 Å². The third-order valence-electron chi connectivity index (χ3n) is 4.85. The van der Waals surface area contributed by atoms with Crippen LogP contribution >= 0.6 is 23.5 Å². The van der Waals surface area contributed by atoms with E-state index in [2.05, 4.69) is 35.8 Å². The monoisotopic (exact) mass is 331 g/mol. The molecule has 1 aliphatic carbocycles. The lowest BCUT2D eigenvalue weighted by molar-refractivity contribution is 0.0390. The number of fused-ring (bicyclic) bond motifs is 1. The van der Waals surface area contributed by atoms with Crippen molar-refractivity contribution in [1.82, 2.24) is 5.32 Å². The van der Waals surface area contributed by atoms with Crippen LogP contribution in [0.2, 0.25) is 0 Å². The van der Waals surface area contributed by atoms with Crippen molar-refractivity contribution in [2.45, 2.75) is 61.7 Å². The van der Waals surface area contributed by atoms with E-state index in [4.69, 9.17) is 9.47 Å². The SMILES string of the molecule is C[C@H](CNCC1CCCS1)SCC1CCC2OCOC2C1. The molecule has 0 radical (unpaired) electrons. The molecule has 0 aromatic carbocycles. The van der Waals surface area contributed by atoms with E-state index >= 15 is 0 Å². The number of rotatable bonds is 7. The Balaban J connectivity index is 1.26. The molecule has 0 spiro atoms. The summed E-state index contributed by atoms with van der Waals surface area (Å²) in [5, 5.41) is 5.26. The van der Waals surface area contributed by atoms with Crippen LogP contribution in [0.15, 0.2) is 0 Å². The number of hydrogen-bond donors (Lipinski definition) is 1. The Bertz CT molecular complexity index is 313. The molecule has 3 aliphatic rings. The van der Waals surface area contributed by atoms with Crippen molar-refractivity contribution in [2.75, 3.05) is 31.4 Å². The summed E-state index contributed by atoms with van der Waals surface area (Å²) in [7, 11) is 0. The van der Waals surface area contributed by atoms with E-state index in [0.717, 1.165) is 23.0 Å². The average molecular weight is 332 g/mol. The average Bonchev–Trinajstić information content (AvgIpc) is 3.15. The van der Waals surface area contributed by atoms with Crippen LogP contribution in [0.1, 0.15) is 39.0 Å². The zero-order valence-corrected chi connectivity index (χ0v) is 14.7. The number of nitrogens with one attached hydrogen (secondary N) is 1. The van der Waals surface area contributed by atoms with Crippen molar-refractivity contribution >= 4 is 23.5 Å². The maximum atomic E-state index is 5.67. The topological polar surface area (TPSA) is 30.5 Å². The lowest BCUT2D eigenvalue weighted by Gasteiger charge is -2.29. The maximum absolute atomic E-state index is 5.67. The highest BCUT2D eigenvalue weighted by Crippen LogP contribution is 2.34. The van der Waals surface area contributed by atoms with E-state index in [1.807, 2.05) is 0 Å². The Hall–Kier alpha value is 0.580. The molecule has 0 bridgehead atoms. The molecule has 3 fully saturated rings. The van der Waals surface area contributed by atoms with Gasteiger partial charge in [0.1, 0.15) is 6.79 Å². The Morgan fingerprint density at radius 2 is 2.14 bits per heavy atom. The van der Waals surface area contributed by atoms with Crippen LogP contribution in [0.5, 0.6) is 0 Å². The summed E-state index contributed by atoms with van der Waals surface area (Å²) in [6, 6.07) is 0. The fraction of sp³-hybridized carbons (Fsp3) is 1.00.